The van der Waals surface area contributed by atoms with E-state index >= 15 is 0 Å². The third kappa shape index (κ3) is 4.38. The number of ether oxygens (including phenoxy) is 1. The maximum atomic E-state index is 11.0. The van der Waals surface area contributed by atoms with Crippen LogP contribution >= 0.6 is 12.6 Å². The summed E-state index contributed by atoms with van der Waals surface area (Å²) in [5, 5.41) is 0. The van der Waals surface area contributed by atoms with Gasteiger partial charge in [0.05, 0.1) is 7.11 Å². The molecule has 82 valence electrons. The maximum Gasteiger partial charge on any atom is 0.305 e. The molecule has 0 fully saturated rings. The molecule has 2 nitrogen and oxygen atoms in total. The number of hydrogen-bond acceptors (Lipinski definition) is 3. The average Bonchev–Trinajstić information content (AvgIpc) is 2.21. The first-order chi connectivity index (χ1) is 7.11. The molecule has 1 aromatic rings. The van der Waals surface area contributed by atoms with Crippen LogP contribution in [0.2, 0.25) is 0 Å². The van der Waals surface area contributed by atoms with Crippen molar-refractivity contribution in [2.75, 3.05) is 7.11 Å². The average molecular weight is 224 g/mol. The molecule has 0 heterocycles. The van der Waals surface area contributed by atoms with Crippen LogP contribution in [0.4, 0.5) is 0 Å². The summed E-state index contributed by atoms with van der Waals surface area (Å²) in [6.45, 7) is 2.05. The molecule has 1 aromatic carbocycles. The smallest absolute Gasteiger partial charge is 0.305 e. The van der Waals surface area contributed by atoms with E-state index in [4.69, 9.17) is 0 Å². The quantitative estimate of drug-likeness (QED) is 0.628. The molecule has 0 spiro atoms. The fourth-order valence-corrected chi connectivity index (χ4v) is 1.62. The molecule has 1 atom stereocenters. The van der Waals surface area contributed by atoms with Crippen LogP contribution in [-0.2, 0) is 16.0 Å². The number of thiol groups is 1. The van der Waals surface area contributed by atoms with Gasteiger partial charge in [0.1, 0.15) is 0 Å². The van der Waals surface area contributed by atoms with Crippen molar-refractivity contribution < 1.29 is 9.53 Å². The molecule has 0 saturated carbocycles. The van der Waals surface area contributed by atoms with Crippen molar-refractivity contribution in [3.63, 3.8) is 0 Å². The largest absolute Gasteiger partial charge is 0.469 e. The minimum atomic E-state index is -0.145. The number of hydrogen-bond donors (Lipinski definition) is 1. The first kappa shape index (κ1) is 12.1. The van der Waals surface area contributed by atoms with Gasteiger partial charge in [-0.25, -0.2) is 0 Å². The lowest BCUT2D eigenvalue weighted by molar-refractivity contribution is -0.141. The molecule has 15 heavy (non-hydrogen) atoms. The van der Waals surface area contributed by atoms with Crippen molar-refractivity contribution in [2.45, 2.75) is 24.7 Å². The fourth-order valence-electron chi connectivity index (χ4n) is 1.47. The molecule has 0 aliphatic carbocycles. The van der Waals surface area contributed by atoms with Crippen LogP contribution in [0.1, 0.15) is 18.9 Å². The van der Waals surface area contributed by atoms with Gasteiger partial charge in [-0.3, -0.25) is 4.79 Å². The number of benzene rings is 1. The van der Waals surface area contributed by atoms with Crippen LogP contribution in [0.15, 0.2) is 29.2 Å². The molecule has 0 aromatic heterocycles. The van der Waals surface area contributed by atoms with Crippen molar-refractivity contribution >= 4 is 18.6 Å². The Morgan fingerprint density at radius 1 is 1.40 bits per heavy atom. The normalized spacial score (nSPS) is 12.2. The van der Waals surface area contributed by atoms with Crippen molar-refractivity contribution in [1.29, 1.82) is 0 Å². The molecule has 1 unspecified atom stereocenters. The summed E-state index contributed by atoms with van der Waals surface area (Å²) < 4.78 is 4.63. The van der Waals surface area contributed by atoms with E-state index in [0.29, 0.717) is 12.3 Å². The highest BCUT2D eigenvalue weighted by Gasteiger charge is 2.09. The van der Waals surface area contributed by atoms with Crippen LogP contribution in [0.5, 0.6) is 0 Å². The second-order valence-electron chi connectivity index (χ2n) is 3.76. The lowest BCUT2D eigenvalue weighted by Crippen LogP contribution is -2.09. The summed E-state index contributed by atoms with van der Waals surface area (Å²) in [5.74, 6) is 0.163. The molecule has 1 rings (SSSR count). The fraction of sp³-hybridized carbons (Fsp3) is 0.417. The Morgan fingerprint density at radius 3 is 2.53 bits per heavy atom. The zero-order chi connectivity index (χ0) is 11.3. The molecular formula is C12H16O2S. The lowest BCUT2D eigenvalue weighted by atomic mass is 9.98. The molecule has 3 heteroatoms. The van der Waals surface area contributed by atoms with E-state index in [1.165, 1.54) is 12.7 Å². The van der Waals surface area contributed by atoms with Crippen molar-refractivity contribution in [3.05, 3.63) is 29.8 Å². The van der Waals surface area contributed by atoms with E-state index in [1.807, 2.05) is 31.2 Å². The predicted molar refractivity (Wildman–Crippen MR) is 63.2 cm³/mol. The molecule has 0 bridgehead atoms. The highest BCUT2D eigenvalue weighted by atomic mass is 32.1. The molecule has 0 saturated heterocycles. The molecule has 0 aliphatic rings. The van der Waals surface area contributed by atoms with Crippen molar-refractivity contribution in [1.82, 2.24) is 0 Å². The monoisotopic (exact) mass is 224 g/mol. The summed E-state index contributed by atoms with van der Waals surface area (Å²) in [6.07, 6.45) is 1.36. The van der Waals surface area contributed by atoms with Gasteiger partial charge in [-0.05, 0) is 30.0 Å². The van der Waals surface area contributed by atoms with Crippen molar-refractivity contribution in [3.8, 4) is 0 Å². The van der Waals surface area contributed by atoms with Crippen LogP contribution in [0.25, 0.3) is 0 Å². The van der Waals surface area contributed by atoms with Gasteiger partial charge in [0.2, 0.25) is 0 Å². The number of carbonyl (C=O) groups excluding carboxylic acids is 1. The maximum absolute atomic E-state index is 11.0. The second-order valence-corrected chi connectivity index (χ2v) is 4.27. The Morgan fingerprint density at radius 2 is 2.00 bits per heavy atom. The SMILES string of the molecule is COC(=O)CC(C)Cc1ccc(S)cc1. The van der Waals surface area contributed by atoms with E-state index in [-0.39, 0.29) is 5.97 Å². The van der Waals surface area contributed by atoms with Gasteiger partial charge in [-0.1, -0.05) is 19.1 Å². The van der Waals surface area contributed by atoms with E-state index in [9.17, 15) is 4.79 Å². The number of methoxy groups -OCH3 is 1. The Labute approximate surface area is 96.1 Å². The first-order valence-electron chi connectivity index (χ1n) is 4.96. The Hall–Kier alpha value is -0.960. The first-order valence-corrected chi connectivity index (χ1v) is 5.41. The number of esters is 1. The lowest BCUT2D eigenvalue weighted by Gasteiger charge is -2.09. The predicted octanol–water partition coefficient (Wildman–Crippen LogP) is 2.72. The zero-order valence-corrected chi connectivity index (χ0v) is 9.96. The molecule has 0 radical (unpaired) electrons. The molecule has 0 aliphatic heterocycles. The minimum Gasteiger partial charge on any atom is -0.469 e. The number of carbonyl (C=O) groups is 1. The summed E-state index contributed by atoms with van der Waals surface area (Å²) in [4.78, 5) is 12.0. The highest BCUT2D eigenvalue weighted by molar-refractivity contribution is 7.80. The third-order valence-electron chi connectivity index (χ3n) is 2.26. The van der Waals surface area contributed by atoms with E-state index in [2.05, 4.69) is 17.4 Å². The Balaban J connectivity index is 2.47. The van der Waals surface area contributed by atoms with Gasteiger partial charge < -0.3 is 4.74 Å². The van der Waals surface area contributed by atoms with E-state index in [1.54, 1.807) is 0 Å². The van der Waals surface area contributed by atoms with Gasteiger partial charge in [0, 0.05) is 11.3 Å². The van der Waals surface area contributed by atoms with Gasteiger partial charge in [0.25, 0.3) is 0 Å². The zero-order valence-electron chi connectivity index (χ0n) is 9.06. The topological polar surface area (TPSA) is 26.3 Å². The van der Waals surface area contributed by atoms with Crippen LogP contribution in [-0.4, -0.2) is 13.1 Å². The molecule has 0 N–H and O–H groups in total. The van der Waals surface area contributed by atoms with Gasteiger partial charge in [-0.15, -0.1) is 12.6 Å². The summed E-state index contributed by atoms with van der Waals surface area (Å²) in [7, 11) is 1.42. The van der Waals surface area contributed by atoms with Gasteiger partial charge in [-0.2, -0.15) is 0 Å². The van der Waals surface area contributed by atoms with Crippen molar-refractivity contribution in [2.24, 2.45) is 5.92 Å². The molecular weight excluding hydrogens is 208 g/mol. The van der Waals surface area contributed by atoms with Gasteiger partial charge in [0.15, 0.2) is 0 Å². The highest BCUT2D eigenvalue weighted by Crippen LogP contribution is 2.14. The standard InChI is InChI=1S/C12H16O2S/c1-9(8-12(13)14-2)7-10-3-5-11(15)6-4-10/h3-6,9,15H,7-8H2,1-2H3. The second kappa shape index (κ2) is 5.81. The van der Waals surface area contributed by atoms with E-state index in [0.717, 1.165) is 11.3 Å². The minimum absolute atomic E-state index is 0.145. The summed E-state index contributed by atoms with van der Waals surface area (Å²) in [5.41, 5.74) is 1.23. The molecule has 0 amide bonds. The summed E-state index contributed by atoms with van der Waals surface area (Å²) >= 11 is 4.22. The van der Waals surface area contributed by atoms with Crippen LogP contribution in [0, 0.1) is 5.92 Å². The van der Waals surface area contributed by atoms with Gasteiger partial charge >= 0.3 is 5.97 Å². The summed E-state index contributed by atoms with van der Waals surface area (Å²) in [6, 6.07) is 8.00. The van der Waals surface area contributed by atoms with E-state index < -0.39 is 0 Å². The van der Waals surface area contributed by atoms with Crippen LogP contribution < -0.4 is 0 Å². The van der Waals surface area contributed by atoms with Crippen LogP contribution in [0.3, 0.4) is 0 Å². The number of rotatable bonds is 4. The third-order valence-corrected chi connectivity index (χ3v) is 2.56. The Bertz CT molecular complexity index is 319. The Kier molecular flexibility index (Phi) is 4.69.